The molecule has 4 rings (SSSR count). The number of alkyl halides is 3. The van der Waals surface area contributed by atoms with Crippen LogP contribution in [0, 0.1) is 11.2 Å². The summed E-state index contributed by atoms with van der Waals surface area (Å²) in [6.07, 6.45) is -4.20. The Labute approximate surface area is 173 Å². The van der Waals surface area contributed by atoms with Crippen LogP contribution in [0.3, 0.4) is 0 Å². The molecule has 5 nitrogen and oxygen atoms in total. The number of anilines is 2. The van der Waals surface area contributed by atoms with Crippen molar-refractivity contribution in [3.8, 4) is 0 Å². The van der Waals surface area contributed by atoms with Crippen molar-refractivity contribution in [2.75, 3.05) is 5.32 Å². The first kappa shape index (κ1) is 20.5. The lowest BCUT2D eigenvalue weighted by atomic mass is 9.86. The van der Waals surface area contributed by atoms with Crippen LogP contribution in [0.1, 0.15) is 16.8 Å². The number of halogens is 4. The second-order valence-electron chi connectivity index (χ2n) is 6.90. The van der Waals surface area contributed by atoms with Gasteiger partial charge >= 0.3 is 6.18 Å². The molecule has 0 radical (unpaired) electrons. The molecular formula is C22H16F4N4O. The molecule has 0 fully saturated rings. The molecule has 1 aromatic heterocycles. The largest absolute Gasteiger partial charge is 0.427 e. The van der Waals surface area contributed by atoms with E-state index >= 15 is 0 Å². The van der Waals surface area contributed by atoms with Gasteiger partial charge in [0.05, 0.1) is 11.2 Å². The summed E-state index contributed by atoms with van der Waals surface area (Å²) < 4.78 is 55.7. The number of nitrogens with one attached hydrogen (secondary N) is 3. The van der Waals surface area contributed by atoms with Crippen molar-refractivity contribution in [2.45, 2.75) is 11.8 Å². The molecule has 3 aromatic carbocycles. The van der Waals surface area contributed by atoms with Crippen molar-refractivity contribution in [3.05, 3.63) is 89.4 Å². The summed E-state index contributed by atoms with van der Waals surface area (Å²) in [5.41, 5.74) is -3.17. The van der Waals surface area contributed by atoms with Crippen molar-refractivity contribution in [3.63, 3.8) is 0 Å². The summed E-state index contributed by atoms with van der Waals surface area (Å²) in [7, 11) is 0. The Balaban J connectivity index is 1.83. The predicted octanol–water partition coefficient (Wildman–Crippen LogP) is 5.24. The van der Waals surface area contributed by atoms with Gasteiger partial charge < -0.3 is 15.8 Å². The first-order valence-corrected chi connectivity index (χ1v) is 9.14. The molecule has 0 aliphatic rings. The number of H-pyrrole nitrogens is 1. The monoisotopic (exact) mass is 428 g/mol. The van der Waals surface area contributed by atoms with Gasteiger partial charge in [-0.05, 0) is 48.0 Å². The number of fused-ring (bicyclic) bond motifs is 1. The Kier molecular flexibility index (Phi) is 4.98. The van der Waals surface area contributed by atoms with Gasteiger partial charge in [-0.15, -0.1) is 0 Å². The fourth-order valence-corrected chi connectivity index (χ4v) is 3.39. The zero-order chi connectivity index (χ0) is 22.2. The van der Waals surface area contributed by atoms with E-state index in [2.05, 4.69) is 15.5 Å². The zero-order valence-corrected chi connectivity index (χ0v) is 15.8. The molecule has 0 saturated carbocycles. The highest BCUT2D eigenvalue weighted by atomic mass is 19.4. The van der Waals surface area contributed by atoms with Gasteiger partial charge in [0.1, 0.15) is 5.82 Å². The molecule has 0 spiro atoms. The van der Waals surface area contributed by atoms with Crippen LogP contribution >= 0.6 is 0 Å². The lowest BCUT2D eigenvalue weighted by Gasteiger charge is -2.30. The van der Waals surface area contributed by atoms with E-state index in [0.29, 0.717) is 11.4 Å². The van der Waals surface area contributed by atoms with Gasteiger partial charge in [0.2, 0.25) is 5.60 Å². The summed E-state index contributed by atoms with van der Waals surface area (Å²) in [5.74, 6) is -0.435. The van der Waals surface area contributed by atoms with Crippen LogP contribution in [0.4, 0.5) is 28.9 Å². The van der Waals surface area contributed by atoms with E-state index in [1.165, 1.54) is 42.5 Å². The van der Waals surface area contributed by atoms with Gasteiger partial charge in [-0.1, -0.05) is 24.3 Å². The number of hydrogen-bond donors (Lipinski definition) is 4. The van der Waals surface area contributed by atoms with E-state index in [4.69, 9.17) is 5.41 Å². The number of aromatic amines is 1. The third-order valence-corrected chi connectivity index (χ3v) is 4.98. The Morgan fingerprint density at radius 1 is 1.00 bits per heavy atom. The minimum absolute atomic E-state index is 0.105. The summed E-state index contributed by atoms with van der Waals surface area (Å²) >= 11 is 0. The third kappa shape index (κ3) is 3.53. The van der Waals surface area contributed by atoms with Crippen LogP contribution in [0.5, 0.6) is 0 Å². The van der Waals surface area contributed by atoms with Gasteiger partial charge in [-0.3, -0.25) is 5.10 Å². The van der Waals surface area contributed by atoms with Crippen LogP contribution < -0.4 is 5.32 Å². The lowest BCUT2D eigenvalue weighted by Crippen LogP contribution is -2.44. The molecule has 1 unspecified atom stereocenters. The van der Waals surface area contributed by atoms with Crippen molar-refractivity contribution >= 4 is 28.5 Å². The number of aliphatic hydroxyl groups is 1. The molecule has 31 heavy (non-hydrogen) atoms. The minimum atomic E-state index is -5.08. The first-order chi connectivity index (χ1) is 14.7. The van der Waals surface area contributed by atoms with Crippen molar-refractivity contribution < 1.29 is 22.7 Å². The normalized spacial score (nSPS) is 13.7. The minimum Gasteiger partial charge on any atom is -0.371 e. The summed E-state index contributed by atoms with van der Waals surface area (Å²) in [5, 5.41) is 27.9. The van der Waals surface area contributed by atoms with Crippen molar-refractivity contribution in [1.29, 1.82) is 5.41 Å². The standard InChI is InChI=1S/C22H16F4N4O/c23-15-6-8-16(9-7-15)28-18-10-5-14(11-13(18)12-27)21(31,22(24,25)26)20-17-3-1-2-4-19(17)29-30-20/h1-12,27-28,31H,(H,29,30). The molecular weight excluding hydrogens is 412 g/mol. The number of para-hydroxylation sites is 1. The molecule has 0 amide bonds. The molecule has 1 heterocycles. The molecule has 9 heteroatoms. The van der Waals surface area contributed by atoms with Gasteiger partial charge in [0.15, 0.2) is 0 Å². The molecule has 4 aromatic rings. The molecule has 1 atom stereocenters. The van der Waals surface area contributed by atoms with Crippen LogP contribution in [0.15, 0.2) is 66.7 Å². The molecule has 0 aliphatic heterocycles. The van der Waals surface area contributed by atoms with Crippen LogP contribution in [-0.2, 0) is 5.60 Å². The second kappa shape index (κ2) is 7.51. The van der Waals surface area contributed by atoms with Crippen LogP contribution in [0.25, 0.3) is 10.9 Å². The highest BCUT2D eigenvalue weighted by Crippen LogP contribution is 2.46. The molecule has 0 aliphatic carbocycles. The quantitative estimate of drug-likeness (QED) is 0.259. The van der Waals surface area contributed by atoms with E-state index < -0.39 is 28.9 Å². The van der Waals surface area contributed by atoms with Crippen molar-refractivity contribution in [1.82, 2.24) is 10.2 Å². The van der Waals surface area contributed by atoms with E-state index in [1.54, 1.807) is 12.1 Å². The SMILES string of the molecule is N=Cc1cc(C(O)(c2[nH]nc3ccccc23)C(F)(F)F)ccc1Nc1ccc(F)cc1. The maximum atomic E-state index is 14.2. The van der Waals surface area contributed by atoms with Gasteiger partial charge in [-0.25, -0.2) is 4.39 Å². The van der Waals surface area contributed by atoms with Gasteiger partial charge in [0, 0.05) is 28.5 Å². The Hall–Kier alpha value is -3.72. The second-order valence-corrected chi connectivity index (χ2v) is 6.90. The average Bonchev–Trinajstić information content (AvgIpc) is 3.19. The smallest absolute Gasteiger partial charge is 0.371 e. The topological polar surface area (TPSA) is 84.8 Å². The maximum Gasteiger partial charge on any atom is 0.427 e. The van der Waals surface area contributed by atoms with Gasteiger partial charge in [-0.2, -0.15) is 18.3 Å². The highest BCUT2D eigenvalue weighted by molar-refractivity contribution is 5.88. The third-order valence-electron chi connectivity index (χ3n) is 4.98. The van der Waals surface area contributed by atoms with Crippen molar-refractivity contribution in [2.24, 2.45) is 0 Å². The first-order valence-electron chi connectivity index (χ1n) is 9.14. The molecule has 4 N–H and O–H groups in total. The lowest BCUT2D eigenvalue weighted by molar-refractivity contribution is -0.249. The summed E-state index contributed by atoms with van der Waals surface area (Å²) in [6, 6.07) is 15.1. The predicted molar refractivity (Wildman–Crippen MR) is 109 cm³/mol. The highest BCUT2D eigenvalue weighted by Gasteiger charge is 2.58. The zero-order valence-electron chi connectivity index (χ0n) is 15.8. The van der Waals surface area contributed by atoms with E-state index in [0.717, 1.165) is 18.3 Å². The van der Waals surface area contributed by atoms with E-state index in [1.807, 2.05) is 0 Å². The number of aromatic nitrogens is 2. The summed E-state index contributed by atoms with van der Waals surface area (Å²) in [6.45, 7) is 0. The van der Waals surface area contributed by atoms with E-state index in [9.17, 15) is 22.7 Å². The Morgan fingerprint density at radius 3 is 2.39 bits per heavy atom. The average molecular weight is 428 g/mol. The van der Waals surface area contributed by atoms with E-state index in [-0.39, 0.29) is 16.5 Å². The fourth-order valence-electron chi connectivity index (χ4n) is 3.39. The number of rotatable bonds is 5. The number of benzene rings is 3. The maximum absolute atomic E-state index is 14.2. The molecule has 0 bridgehead atoms. The Morgan fingerprint density at radius 2 is 1.71 bits per heavy atom. The number of hydrogen-bond acceptors (Lipinski definition) is 4. The van der Waals surface area contributed by atoms with Crippen LogP contribution in [0.2, 0.25) is 0 Å². The van der Waals surface area contributed by atoms with Gasteiger partial charge in [0.25, 0.3) is 0 Å². The molecule has 158 valence electrons. The Bertz CT molecular complexity index is 1250. The summed E-state index contributed by atoms with van der Waals surface area (Å²) in [4.78, 5) is 0. The molecule has 0 saturated heterocycles. The number of nitrogens with zero attached hydrogens (tertiary/aromatic N) is 1. The van der Waals surface area contributed by atoms with Crippen LogP contribution in [-0.4, -0.2) is 27.7 Å². The fraction of sp³-hybridized carbons (Fsp3) is 0.0909.